The monoisotopic (exact) mass is 361 g/mol. The van der Waals surface area contributed by atoms with Crippen molar-refractivity contribution in [2.75, 3.05) is 13.1 Å². The van der Waals surface area contributed by atoms with Gasteiger partial charge in [0.25, 0.3) is 5.91 Å². The molecule has 0 saturated carbocycles. The van der Waals surface area contributed by atoms with E-state index in [0.717, 1.165) is 12.1 Å². The van der Waals surface area contributed by atoms with Crippen LogP contribution in [0.2, 0.25) is 0 Å². The van der Waals surface area contributed by atoms with Gasteiger partial charge in [-0.2, -0.15) is 0 Å². The molecule has 0 spiro atoms. The highest BCUT2D eigenvalue weighted by atomic mass is 19.1. The van der Waals surface area contributed by atoms with Crippen molar-refractivity contribution in [3.05, 3.63) is 59.7 Å². The average molecular weight is 361 g/mol. The molecule has 3 rings (SSSR count). The molecule has 1 aliphatic heterocycles. The third-order valence-corrected chi connectivity index (χ3v) is 4.35. The number of ether oxygens (including phenoxy) is 1. The lowest BCUT2D eigenvalue weighted by molar-refractivity contribution is -0.143. The predicted octanol–water partition coefficient (Wildman–Crippen LogP) is 3.69. The van der Waals surface area contributed by atoms with E-state index in [1.807, 2.05) is 0 Å². The van der Waals surface area contributed by atoms with Gasteiger partial charge >= 0.3 is 5.97 Å². The normalized spacial score (nSPS) is 14.9. The van der Waals surface area contributed by atoms with Crippen molar-refractivity contribution in [1.82, 2.24) is 4.90 Å². The van der Waals surface area contributed by atoms with E-state index in [0.29, 0.717) is 37.2 Å². The van der Waals surface area contributed by atoms with E-state index >= 15 is 0 Å². The molecule has 7 heteroatoms. The van der Waals surface area contributed by atoms with Gasteiger partial charge in [0.05, 0.1) is 5.92 Å². The van der Waals surface area contributed by atoms with Gasteiger partial charge in [-0.15, -0.1) is 0 Å². The van der Waals surface area contributed by atoms with Crippen LogP contribution in [0.5, 0.6) is 11.5 Å². The molecule has 1 heterocycles. The van der Waals surface area contributed by atoms with Crippen LogP contribution in [0.15, 0.2) is 42.5 Å². The summed E-state index contributed by atoms with van der Waals surface area (Å²) in [5, 5.41) is 9.00. The summed E-state index contributed by atoms with van der Waals surface area (Å²) >= 11 is 0. The number of amides is 1. The molecule has 2 aromatic carbocycles. The summed E-state index contributed by atoms with van der Waals surface area (Å²) in [5.41, 5.74) is 0.436. The van der Waals surface area contributed by atoms with Gasteiger partial charge in [0, 0.05) is 24.7 Å². The van der Waals surface area contributed by atoms with E-state index in [9.17, 15) is 18.4 Å². The van der Waals surface area contributed by atoms with Crippen molar-refractivity contribution < 1.29 is 28.2 Å². The first-order chi connectivity index (χ1) is 12.4. The summed E-state index contributed by atoms with van der Waals surface area (Å²) in [4.78, 5) is 25.1. The Balaban J connectivity index is 1.64. The summed E-state index contributed by atoms with van der Waals surface area (Å²) in [6.07, 6.45) is 0.873. The zero-order valence-corrected chi connectivity index (χ0v) is 13.8. The minimum atomic E-state index is -0.827. The molecule has 0 bridgehead atoms. The molecular formula is C19H17F2NO4. The van der Waals surface area contributed by atoms with E-state index in [-0.39, 0.29) is 11.7 Å². The first-order valence-corrected chi connectivity index (χ1v) is 8.19. The number of benzene rings is 2. The molecule has 0 radical (unpaired) electrons. The Hall–Kier alpha value is -2.96. The Morgan fingerprint density at radius 3 is 2.27 bits per heavy atom. The number of piperidine rings is 1. The first kappa shape index (κ1) is 17.8. The van der Waals surface area contributed by atoms with E-state index < -0.39 is 23.5 Å². The number of hydrogen-bond acceptors (Lipinski definition) is 3. The van der Waals surface area contributed by atoms with Crippen molar-refractivity contribution >= 4 is 11.9 Å². The summed E-state index contributed by atoms with van der Waals surface area (Å²) in [7, 11) is 0. The molecule has 0 aromatic heterocycles. The van der Waals surface area contributed by atoms with E-state index in [2.05, 4.69) is 0 Å². The quantitative estimate of drug-likeness (QED) is 0.902. The fourth-order valence-electron chi connectivity index (χ4n) is 2.86. The van der Waals surface area contributed by atoms with Crippen LogP contribution in [-0.4, -0.2) is 35.0 Å². The number of hydrogen-bond donors (Lipinski definition) is 1. The number of likely N-dealkylation sites (tertiary alicyclic amines) is 1. The lowest BCUT2D eigenvalue weighted by Crippen LogP contribution is -2.40. The highest BCUT2D eigenvalue weighted by Crippen LogP contribution is 2.26. The average Bonchev–Trinajstić information content (AvgIpc) is 2.64. The molecule has 1 N–H and O–H groups in total. The lowest BCUT2D eigenvalue weighted by Gasteiger charge is -2.30. The third kappa shape index (κ3) is 3.99. The van der Waals surface area contributed by atoms with Crippen molar-refractivity contribution in [3.63, 3.8) is 0 Å². The molecule has 1 fully saturated rings. The van der Waals surface area contributed by atoms with Gasteiger partial charge < -0.3 is 14.7 Å². The highest BCUT2D eigenvalue weighted by molar-refractivity contribution is 5.94. The number of carboxylic acids is 1. The van der Waals surface area contributed by atoms with Crippen LogP contribution in [0, 0.1) is 17.6 Å². The number of carbonyl (C=O) groups excluding carboxylic acids is 1. The fraction of sp³-hybridized carbons (Fsp3) is 0.263. The van der Waals surface area contributed by atoms with E-state index in [4.69, 9.17) is 9.84 Å². The Bertz CT molecular complexity index is 815. The van der Waals surface area contributed by atoms with Crippen LogP contribution in [0.25, 0.3) is 0 Å². The molecule has 136 valence electrons. The van der Waals surface area contributed by atoms with Crippen LogP contribution < -0.4 is 4.74 Å². The number of carbonyl (C=O) groups is 2. The largest absolute Gasteiger partial charge is 0.481 e. The van der Waals surface area contributed by atoms with Crippen LogP contribution >= 0.6 is 0 Å². The smallest absolute Gasteiger partial charge is 0.306 e. The second-order valence-electron chi connectivity index (χ2n) is 6.11. The second kappa shape index (κ2) is 7.51. The molecule has 1 aliphatic rings. The van der Waals surface area contributed by atoms with Crippen molar-refractivity contribution in [2.45, 2.75) is 12.8 Å². The van der Waals surface area contributed by atoms with Gasteiger partial charge in [-0.3, -0.25) is 9.59 Å². The van der Waals surface area contributed by atoms with Gasteiger partial charge in [0.15, 0.2) is 11.6 Å². The van der Waals surface area contributed by atoms with Crippen LogP contribution in [0.4, 0.5) is 8.78 Å². The van der Waals surface area contributed by atoms with E-state index in [1.54, 1.807) is 17.0 Å². The molecule has 0 unspecified atom stereocenters. The Kier molecular flexibility index (Phi) is 5.16. The Morgan fingerprint density at radius 2 is 1.69 bits per heavy atom. The number of aliphatic carboxylic acids is 1. The van der Waals surface area contributed by atoms with Gasteiger partial charge in [0.2, 0.25) is 0 Å². The maximum absolute atomic E-state index is 13.6. The van der Waals surface area contributed by atoms with Crippen LogP contribution in [0.3, 0.4) is 0 Å². The Labute approximate surface area is 148 Å². The molecular weight excluding hydrogens is 344 g/mol. The number of nitrogens with zero attached hydrogens (tertiary/aromatic N) is 1. The van der Waals surface area contributed by atoms with Gasteiger partial charge in [-0.1, -0.05) is 0 Å². The lowest BCUT2D eigenvalue weighted by atomic mass is 9.96. The van der Waals surface area contributed by atoms with Crippen molar-refractivity contribution in [2.24, 2.45) is 5.92 Å². The molecule has 2 aromatic rings. The van der Waals surface area contributed by atoms with Crippen molar-refractivity contribution in [1.29, 1.82) is 0 Å². The third-order valence-electron chi connectivity index (χ3n) is 4.35. The predicted molar refractivity (Wildman–Crippen MR) is 89.1 cm³/mol. The van der Waals surface area contributed by atoms with Gasteiger partial charge in [-0.25, -0.2) is 8.78 Å². The summed E-state index contributed by atoms with van der Waals surface area (Å²) in [5.74, 6) is -2.72. The van der Waals surface area contributed by atoms with E-state index in [1.165, 1.54) is 18.2 Å². The minimum absolute atomic E-state index is 0.110. The molecule has 0 aliphatic carbocycles. The molecule has 1 saturated heterocycles. The van der Waals surface area contributed by atoms with Crippen molar-refractivity contribution in [3.8, 4) is 11.5 Å². The number of halogens is 2. The minimum Gasteiger partial charge on any atom is -0.481 e. The molecule has 5 nitrogen and oxygen atoms in total. The second-order valence-corrected chi connectivity index (χ2v) is 6.11. The summed E-state index contributed by atoms with van der Waals surface area (Å²) < 4.78 is 31.9. The first-order valence-electron chi connectivity index (χ1n) is 8.19. The molecule has 1 amide bonds. The van der Waals surface area contributed by atoms with Gasteiger partial charge in [0.1, 0.15) is 11.6 Å². The SMILES string of the molecule is O=C(O)C1CCN(C(=O)c2ccc(Oc3ccc(F)cc3F)cc2)CC1. The number of rotatable bonds is 4. The zero-order chi connectivity index (χ0) is 18.7. The maximum Gasteiger partial charge on any atom is 0.306 e. The number of carboxylic acid groups (broad SMARTS) is 1. The zero-order valence-electron chi connectivity index (χ0n) is 13.8. The topological polar surface area (TPSA) is 66.8 Å². The maximum atomic E-state index is 13.6. The summed E-state index contributed by atoms with van der Waals surface area (Å²) in [6.45, 7) is 0.795. The standard InChI is InChI=1S/C19H17F2NO4/c20-14-3-6-17(16(21)11-14)26-15-4-1-12(2-5-15)18(23)22-9-7-13(8-10-22)19(24)25/h1-6,11,13H,7-10H2,(H,24,25). The summed E-state index contributed by atoms with van der Waals surface area (Å²) in [6, 6.07) is 9.19. The Morgan fingerprint density at radius 1 is 1.04 bits per heavy atom. The highest BCUT2D eigenvalue weighted by Gasteiger charge is 2.27. The molecule has 26 heavy (non-hydrogen) atoms. The fourth-order valence-corrected chi connectivity index (χ4v) is 2.86. The molecule has 0 atom stereocenters. The van der Waals surface area contributed by atoms with Gasteiger partial charge in [-0.05, 0) is 49.2 Å². The van der Waals surface area contributed by atoms with Crippen LogP contribution in [0.1, 0.15) is 23.2 Å². The van der Waals surface area contributed by atoms with Crippen LogP contribution in [-0.2, 0) is 4.79 Å².